The van der Waals surface area contributed by atoms with Crippen molar-refractivity contribution < 1.29 is 8.78 Å². The Kier molecular flexibility index (Phi) is 2.48. The fraction of sp³-hybridized carbons (Fsp3) is 0. The molecule has 0 fully saturated rings. The van der Waals surface area contributed by atoms with E-state index in [1.165, 1.54) is 36.4 Å². The summed E-state index contributed by atoms with van der Waals surface area (Å²) < 4.78 is 26.5. The van der Waals surface area contributed by atoms with Crippen LogP contribution in [0.5, 0.6) is 0 Å². The van der Waals surface area contributed by atoms with Crippen molar-refractivity contribution in [1.29, 1.82) is 0 Å². The Labute approximate surface area is 91.5 Å². The number of anilines is 2. The first-order valence-electron chi connectivity index (χ1n) is 4.69. The molecule has 0 unspecified atom stereocenters. The highest BCUT2D eigenvalue weighted by Crippen LogP contribution is 2.29. The van der Waals surface area contributed by atoms with Gasteiger partial charge in [0.2, 0.25) is 0 Å². The molecule has 2 rings (SSSR count). The monoisotopic (exact) mass is 220 g/mol. The number of hydrogen-bond acceptors (Lipinski definition) is 2. The van der Waals surface area contributed by atoms with Gasteiger partial charge in [0.15, 0.2) is 5.82 Å². The molecule has 4 heteroatoms. The zero-order chi connectivity index (χ0) is 11.7. The molecule has 0 aliphatic heterocycles. The number of nitrogens with two attached hydrogens (primary N) is 2. The van der Waals surface area contributed by atoms with E-state index in [1.807, 2.05) is 0 Å². The number of benzene rings is 2. The lowest BCUT2D eigenvalue weighted by atomic mass is 10.0. The van der Waals surface area contributed by atoms with Crippen LogP contribution >= 0.6 is 0 Å². The molecular formula is C12H10F2N2. The van der Waals surface area contributed by atoms with Crippen LogP contribution in [-0.2, 0) is 0 Å². The summed E-state index contributed by atoms with van der Waals surface area (Å²) in [5.74, 6) is -0.945. The molecule has 0 bridgehead atoms. The molecule has 0 atom stereocenters. The summed E-state index contributed by atoms with van der Waals surface area (Å²) >= 11 is 0. The SMILES string of the molecule is Nc1ccc(-c2ccc(F)cc2)c(F)c1N. The molecule has 0 radical (unpaired) electrons. The van der Waals surface area contributed by atoms with Crippen molar-refractivity contribution in [2.24, 2.45) is 0 Å². The van der Waals surface area contributed by atoms with Crippen molar-refractivity contribution in [3.05, 3.63) is 48.0 Å². The Morgan fingerprint density at radius 3 is 2.06 bits per heavy atom. The first-order chi connectivity index (χ1) is 7.59. The normalized spacial score (nSPS) is 10.4. The van der Waals surface area contributed by atoms with E-state index in [-0.39, 0.29) is 17.2 Å². The van der Waals surface area contributed by atoms with Gasteiger partial charge in [-0.3, -0.25) is 0 Å². The highest BCUT2D eigenvalue weighted by atomic mass is 19.1. The van der Waals surface area contributed by atoms with Gasteiger partial charge < -0.3 is 11.5 Å². The molecule has 2 nitrogen and oxygen atoms in total. The summed E-state index contributed by atoms with van der Waals surface area (Å²) in [6, 6.07) is 8.56. The average molecular weight is 220 g/mol. The van der Waals surface area contributed by atoms with Crippen LogP contribution in [0.25, 0.3) is 11.1 Å². The minimum atomic E-state index is -0.577. The molecule has 82 valence electrons. The molecular weight excluding hydrogens is 210 g/mol. The quantitative estimate of drug-likeness (QED) is 0.726. The summed E-state index contributed by atoms with van der Waals surface area (Å²) in [6.07, 6.45) is 0. The Hall–Kier alpha value is -2.10. The van der Waals surface area contributed by atoms with Crippen molar-refractivity contribution in [1.82, 2.24) is 0 Å². The largest absolute Gasteiger partial charge is 0.397 e. The van der Waals surface area contributed by atoms with Crippen LogP contribution < -0.4 is 11.5 Å². The smallest absolute Gasteiger partial charge is 0.156 e. The van der Waals surface area contributed by atoms with Gasteiger partial charge in [0.1, 0.15) is 5.82 Å². The van der Waals surface area contributed by atoms with Gasteiger partial charge in [-0.05, 0) is 29.8 Å². The molecule has 0 spiro atoms. The lowest BCUT2D eigenvalue weighted by Crippen LogP contribution is -1.99. The second-order valence-corrected chi connectivity index (χ2v) is 3.44. The van der Waals surface area contributed by atoms with E-state index in [4.69, 9.17) is 11.5 Å². The van der Waals surface area contributed by atoms with E-state index in [0.29, 0.717) is 11.1 Å². The minimum absolute atomic E-state index is 0.0816. The van der Waals surface area contributed by atoms with Crippen molar-refractivity contribution in [3.8, 4) is 11.1 Å². The highest BCUT2D eigenvalue weighted by Gasteiger charge is 2.10. The second-order valence-electron chi connectivity index (χ2n) is 3.44. The van der Waals surface area contributed by atoms with Crippen LogP contribution in [0, 0.1) is 11.6 Å². The minimum Gasteiger partial charge on any atom is -0.397 e. The molecule has 2 aromatic carbocycles. The third-order valence-corrected chi connectivity index (χ3v) is 2.37. The van der Waals surface area contributed by atoms with E-state index in [0.717, 1.165) is 0 Å². The summed E-state index contributed by atoms with van der Waals surface area (Å²) in [4.78, 5) is 0. The maximum atomic E-state index is 13.7. The van der Waals surface area contributed by atoms with Crippen molar-refractivity contribution in [2.75, 3.05) is 11.5 Å². The van der Waals surface area contributed by atoms with E-state index in [1.54, 1.807) is 0 Å². The van der Waals surface area contributed by atoms with Crippen molar-refractivity contribution >= 4 is 11.4 Å². The fourth-order valence-electron chi connectivity index (χ4n) is 1.46. The summed E-state index contributed by atoms with van der Waals surface area (Å²) in [5.41, 5.74) is 11.9. The maximum absolute atomic E-state index is 13.7. The standard InChI is InChI=1S/C12H10F2N2/c13-8-3-1-7(2-4-8)9-5-6-10(15)12(16)11(9)14/h1-6H,15-16H2. The average Bonchev–Trinajstić information content (AvgIpc) is 2.28. The first kappa shape index (κ1) is 10.4. The summed E-state index contributed by atoms with van der Waals surface area (Å²) in [5, 5.41) is 0. The Morgan fingerprint density at radius 1 is 0.812 bits per heavy atom. The molecule has 0 saturated carbocycles. The van der Waals surface area contributed by atoms with Crippen molar-refractivity contribution in [3.63, 3.8) is 0 Å². The zero-order valence-electron chi connectivity index (χ0n) is 8.37. The number of nitrogen functional groups attached to an aromatic ring is 2. The van der Waals surface area contributed by atoms with E-state index in [9.17, 15) is 8.78 Å². The van der Waals surface area contributed by atoms with Crippen LogP contribution in [0.1, 0.15) is 0 Å². The molecule has 0 aliphatic rings. The molecule has 0 heterocycles. The van der Waals surface area contributed by atoms with Gasteiger partial charge in [-0.2, -0.15) is 0 Å². The number of hydrogen-bond donors (Lipinski definition) is 2. The predicted molar refractivity (Wildman–Crippen MR) is 60.6 cm³/mol. The molecule has 0 aromatic heterocycles. The molecule has 0 aliphatic carbocycles. The molecule has 16 heavy (non-hydrogen) atoms. The Bertz CT molecular complexity index is 521. The van der Waals surface area contributed by atoms with Gasteiger partial charge in [0.25, 0.3) is 0 Å². The van der Waals surface area contributed by atoms with Crippen molar-refractivity contribution in [2.45, 2.75) is 0 Å². The van der Waals surface area contributed by atoms with Crippen LogP contribution in [0.4, 0.5) is 20.2 Å². The third kappa shape index (κ3) is 1.69. The van der Waals surface area contributed by atoms with E-state index in [2.05, 4.69) is 0 Å². The van der Waals surface area contributed by atoms with E-state index < -0.39 is 5.82 Å². The topological polar surface area (TPSA) is 52.0 Å². The van der Waals surface area contributed by atoms with Gasteiger partial charge in [0, 0.05) is 5.56 Å². The summed E-state index contributed by atoms with van der Waals surface area (Å²) in [6.45, 7) is 0. The van der Waals surface area contributed by atoms with Crippen LogP contribution in [0.15, 0.2) is 36.4 Å². The highest BCUT2D eigenvalue weighted by molar-refractivity contribution is 5.75. The molecule has 2 aromatic rings. The third-order valence-electron chi connectivity index (χ3n) is 2.37. The van der Waals surface area contributed by atoms with Gasteiger partial charge in [-0.25, -0.2) is 8.78 Å². The zero-order valence-corrected chi connectivity index (χ0v) is 8.37. The van der Waals surface area contributed by atoms with Crippen LogP contribution in [-0.4, -0.2) is 0 Å². The summed E-state index contributed by atoms with van der Waals surface area (Å²) in [7, 11) is 0. The fourth-order valence-corrected chi connectivity index (χ4v) is 1.46. The van der Waals surface area contributed by atoms with Gasteiger partial charge in [0.05, 0.1) is 11.4 Å². The molecule has 0 amide bonds. The van der Waals surface area contributed by atoms with Crippen LogP contribution in [0.3, 0.4) is 0 Å². The van der Waals surface area contributed by atoms with Gasteiger partial charge in [-0.15, -0.1) is 0 Å². The van der Waals surface area contributed by atoms with Gasteiger partial charge in [-0.1, -0.05) is 12.1 Å². The Morgan fingerprint density at radius 2 is 1.44 bits per heavy atom. The number of rotatable bonds is 1. The molecule has 4 N–H and O–H groups in total. The first-order valence-corrected chi connectivity index (χ1v) is 4.69. The Balaban J connectivity index is 2.57. The maximum Gasteiger partial charge on any atom is 0.156 e. The second kappa shape index (κ2) is 3.81. The van der Waals surface area contributed by atoms with Gasteiger partial charge >= 0.3 is 0 Å². The lowest BCUT2D eigenvalue weighted by molar-refractivity contribution is 0.626. The molecule has 0 saturated heterocycles. The number of halogens is 2. The lowest BCUT2D eigenvalue weighted by Gasteiger charge is -2.07. The van der Waals surface area contributed by atoms with E-state index >= 15 is 0 Å². The van der Waals surface area contributed by atoms with Crippen LogP contribution in [0.2, 0.25) is 0 Å². The predicted octanol–water partition coefficient (Wildman–Crippen LogP) is 2.80.